The van der Waals surface area contributed by atoms with Gasteiger partial charge >= 0.3 is 0 Å². The molecule has 5 heteroatoms. The van der Waals surface area contributed by atoms with Gasteiger partial charge in [-0.1, -0.05) is 13.8 Å². The molecule has 1 aromatic rings. The minimum absolute atomic E-state index is 0. The van der Waals surface area contributed by atoms with Crippen LogP contribution in [0.15, 0.2) is 29.5 Å². The van der Waals surface area contributed by atoms with Gasteiger partial charge < -0.3 is 10.6 Å². The summed E-state index contributed by atoms with van der Waals surface area (Å²) in [7, 11) is 0. The van der Waals surface area contributed by atoms with Gasteiger partial charge in [-0.3, -0.25) is 9.98 Å². The molecule has 0 unspecified atom stereocenters. The number of hydrogen-bond acceptors (Lipinski definition) is 3. The van der Waals surface area contributed by atoms with Gasteiger partial charge in [0.1, 0.15) is 5.84 Å². The predicted octanol–water partition coefficient (Wildman–Crippen LogP) is 1.55. The van der Waals surface area contributed by atoms with E-state index in [1.807, 2.05) is 12.1 Å². The first-order valence-electron chi connectivity index (χ1n) is 5.70. The Kier molecular flexibility index (Phi) is 8.36. The number of pyridine rings is 1. The molecule has 0 saturated heterocycles. The second-order valence-electron chi connectivity index (χ2n) is 3.54. The summed E-state index contributed by atoms with van der Waals surface area (Å²) in [5.74, 6) is 0.570. The Bertz CT molecular complexity index is 323. The Labute approximate surface area is 109 Å². The summed E-state index contributed by atoms with van der Waals surface area (Å²) in [6.45, 7) is 8.10. The summed E-state index contributed by atoms with van der Waals surface area (Å²) in [6, 6.07) is 3.78. The molecule has 0 aliphatic heterocycles. The summed E-state index contributed by atoms with van der Waals surface area (Å²) in [5.41, 5.74) is 6.75. The number of hydrogen-bond donors (Lipinski definition) is 1. The van der Waals surface area contributed by atoms with Crippen LogP contribution in [0.5, 0.6) is 0 Å². The molecular formula is C12H21ClN4. The Morgan fingerprint density at radius 3 is 2.65 bits per heavy atom. The summed E-state index contributed by atoms with van der Waals surface area (Å²) in [6.07, 6.45) is 3.46. The van der Waals surface area contributed by atoms with E-state index < -0.39 is 0 Å². The zero-order valence-corrected chi connectivity index (χ0v) is 11.3. The first-order chi connectivity index (χ1) is 7.77. The molecule has 0 saturated carbocycles. The molecule has 0 aromatic carbocycles. The van der Waals surface area contributed by atoms with E-state index in [2.05, 4.69) is 28.7 Å². The van der Waals surface area contributed by atoms with Crippen LogP contribution < -0.4 is 5.73 Å². The first kappa shape index (κ1) is 15.9. The van der Waals surface area contributed by atoms with Crippen LogP contribution in [0.1, 0.15) is 19.4 Å². The van der Waals surface area contributed by atoms with Crippen molar-refractivity contribution in [1.29, 1.82) is 0 Å². The fraction of sp³-hybridized carbons (Fsp3) is 0.500. The lowest BCUT2D eigenvalue weighted by atomic mass is 10.3. The molecule has 2 N–H and O–H groups in total. The largest absolute Gasteiger partial charge is 0.383 e. The average Bonchev–Trinajstić information content (AvgIpc) is 2.35. The Hall–Kier alpha value is -1.13. The number of nitrogens with zero attached hydrogens (tertiary/aromatic N) is 3. The molecule has 0 amide bonds. The van der Waals surface area contributed by atoms with Gasteiger partial charge in [0.2, 0.25) is 0 Å². The molecule has 0 bridgehead atoms. The van der Waals surface area contributed by atoms with Crippen molar-refractivity contribution in [1.82, 2.24) is 9.88 Å². The average molecular weight is 257 g/mol. The van der Waals surface area contributed by atoms with Gasteiger partial charge in [-0.15, -0.1) is 12.4 Å². The van der Waals surface area contributed by atoms with Crippen LogP contribution in [0.4, 0.5) is 0 Å². The highest BCUT2D eigenvalue weighted by Crippen LogP contribution is 1.95. The first-order valence-corrected chi connectivity index (χ1v) is 5.70. The van der Waals surface area contributed by atoms with Crippen molar-refractivity contribution in [3.63, 3.8) is 0 Å². The normalized spacial score (nSPS) is 11.4. The van der Waals surface area contributed by atoms with Crippen molar-refractivity contribution in [3.8, 4) is 0 Å². The van der Waals surface area contributed by atoms with Crippen molar-refractivity contribution in [3.05, 3.63) is 30.1 Å². The molecular weight excluding hydrogens is 236 g/mol. The monoisotopic (exact) mass is 256 g/mol. The van der Waals surface area contributed by atoms with E-state index in [1.54, 1.807) is 12.4 Å². The molecule has 0 radical (unpaired) electrons. The van der Waals surface area contributed by atoms with E-state index >= 15 is 0 Å². The van der Waals surface area contributed by atoms with Crippen LogP contribution >= 0.6 is 12.4 Å². The Morgan fingerprint density at radius 2 is 2.12 bits per heavy atom. The quantitative estimate of drug-likeness (QED) is 0.621. The minimum atomic E-state index is 0. The maximum Gasteiger partial charge on any atom is 0.127 e. The van der Waals surface area contributed by atoms with Gasteiger partial charge in [0, 0.05) is 24.5 Å². The molecule has 0 atom stereocenters. The van der Waals surface area contributed by atoms with Crippen LogP contribution in [-0.4, -0.2) is 41.9 Å². The summed E-state index contributed by atoms with van der Waals surface area (Å²) in [5, 5.41) is 0. The van der Waals surface area contributed by atoms with Gasteiger partial charge in [0.05, 0.1) is 6.54 Å². The van der Waals surface area contributed by atoms with E-state index in [0.29, 0.717) is 5.84 Å². The van der Waals surface area contributed by atoms with Crippen molar-refractivity contribution < 1.29 is 0 Å². The molecule has 0 fully saturated rings. The van der Waals surface area contributed by atoms with Crippen LogP contribution in [-0.2, 0) is 0 Å². The van der Waals surface area contributed by atoms with E-state index in [-0.39, 0.29) is 12.4 Å². The molecule has 1 aromatic heterocycles. The van der Waals surface area contributed by atoms with E-state index in [4.69, 9.17) is 5.73 Å². The fourth-order valence-corrected chi connectivity index (χ4v) is 1.46. The number of nitrogens with two attached hydrogens (primary N) is 1. The Morgan fingerprint density at radius 1 is 1.41 bits per heavy atom. The maximum absolute atomic E-state index is 5.86. The predicted molar refractivity (Wildman–Crippen MR) is 74.9 cm³/mol. The van der Waals surface area contributed by atoms with Crippen LogP contribution in [0.2, 0.25) is 0 Å². The standard InChI is InChI=1S/C12H20N4.ClH/c1-3-16(4-2)9-8-15-12(13)11-6-5-7-14-10-11;/h5-7,10H,3-4,8-9H2,1-2H3,(H2,13,15);1H. The molecule has 0 aliphatic carbocycles. The van der Waals surface area contributed by atoms with Crippen molar-refractivity contribution >= 4 is 18.2 Å². The highest BCUT2D eigenvalue weighted by Gasteiger charge is 1.99. The molecule has 4 nitrogen and oxygen atoms in total. The van der Waals surface area contributed by atoms with E-state index in [1.165, 1.54) is 0 Å². The maximum atomic E-state index is 5.86. The number of halogens is 1. The molecule has 1 heterocycles. The van der Waals surface area contributed by atoms with Crippen molar-refractivity contribution in [2.24, 2.45) is 10.7 Å². The number of likely N-dealkylation sites (N-methyl/N-ethyl adjacent to an activating group) is 1. The number of aliphatic imine (C=N–C) groups is 1. The lowest BCUT2D eigenvalue weighted by molar-refractivity contribution is 0.313. The highest BCUT2D eigenvalue weighted by atomic mass is 35.5. The minimum Gasteiger partial charge on any atom is -0.383 e. The molecule has 1 rings (SSSR count). The molecule has 0 spiro atoms. The second kappa shape index (κ2) is 8.96. The highest BCUT2D eigenvalue weighted by molar-refractivity contribution is 5.97. The third kappa shape index (κ3) is 5.65. The zero-order valence-electron chi connectivity index (χ0n) is 10.5. The van der Waals surface area contributed by atoms with Gasteiger partial charge in [-0.2, -0.15) is 0 Å². The summed E-state index contributed by atoms with van der Waals surface area (Å²) in [4.78, 5) is 10.7. The van der Waals surface area contributed by atoms with Gasteiger partial charge in [0.15, 0.2) is 0 Å². The van der Waals surface area contributed by atoms with Crippen LogP contribution in [0.25, 0.3) is 0 Å². The van der Waals surface area contributed by atoms with Crippen molar-refractivity contribution in [2.75, 3.05) is 26.2 Å². The Balaban J connectivity index is 0.00000256. The van der Waals surface area contributed by atoms with E-state index in [0.717, 1.165) is 31.7 Å². The lowest BCUT2D eigenvalue weighted by Gasteiger charge is -2.16. The zero-order chi connectivity index (χ0) is 11.8. The third-order valence-electron chi connectivity index (χ3n) is 2.55. The van der Waals surface area contributed by atoms with Gasteiger partial charge in [-0.05, 0) is 25.2 Å². The number of aromatic nitrogens is 1. The SMILES string of the molecule is CCN(CC)CCN=C(N)c1cccnc1.Cl. The fourth-order valence-electron chi connectivity index (χ4n) is 1.46. The van der Waals surface area contributed by atoms with Crippen LogP contribution in [0.3, 0.4) is 0 Å². The number of rotatable bonds is 6. The molecule has 17 heavy (non-hydrogen) atoms. The lowest BCUT2D eigenvalue weighted by Crippen LogP contribution is -2.26. The summed E-state index contributed by atoms with van der Waals surface area (Å²) < 4.78 is 0. The van der Waals surface area contributed by atoms with Gasteiger partial charge in [0.25, 0.3) is 0 Å². The third-order valence-corrected chi connectivity index (χ3v) is 2.55. The van der Waals surface area contributed by atoms with Crippen LogP contribution in [0, 0.1) is 0 Å². The van der Waals surface area contributed by atoms with E-state index in [9.17, 15) is 0 Å². The number of amidine groups is 1. The van der Waals surface area contributed by atoms with Gasteiger partial charge in [-0.25, -0.2) is 0 Å². The molecule has 96 valence electrons. The smallest absolute Gasteiger partial charge is 0.127 e. The summed E-state index contributed by atoms with van der Waals surface area (Å²) >= 11 is 0. The molecule has 0 aliphatic rings. The topological polar surface area (TPSA) is 54.5 Å². The second-order valence-corrected chi connectivity index (χ2v) is 3.54. The van der Waals surface area contributed by atoms with Crippen molar-refractivity contribution in [2.45, 2.75) is 13.8 Å².